The van der Waals surface area contributed by atoms with E-state index in [1.54, 1.807) is 36.4 Å². The van der Waals surface area contributed by atoms with Crippen LogP contribution in [-0.4, -0.2) is 43.6 Å². The van der Waals surface area contributed by atoms with Gasteiger partial charge in [-0.2, -0.15) is 0 Å². The highest BCUT2D eigenvalue weighted by Crippen LogP contribution is 2.35. The summed E-state index contributed by atoms with van der Waals surface area (Å²) < 4.78 is 5.12. The molecule has 1 atom stereocenters. The number of nitrogens with one attached hydrogen (secondary N) is 1. The molecule has 1 N–H and O–H groups in total. The van der Waals surface area contributed by atoms with Gasteiger partial charge in [0.05, 0.1) is 23.4 Å². The highest BCUT2D eigenvalue weighted by atomic mass is 35.5. The molecule has 0 saturated carbocycles. The Morgan fingerprint density at radius 2 is 2.07 bits per heavy atom. The summed E-state index contributed by atoms with van der Waals surface area (Å²) in [7, 11) is 3.51. The first-order chi connectivity index (χ1) is 13.0. The van der Waals surface area contributed by atoms with E-state index in [2.05, 4.69) is 10.2 Å². The van der Waals surface area contributed by atoms with E-state index in [9.17, 15) is 9.59 Å². The normalized spacial score (nSPS) is 18.2. The number of ether oxygens (including phenoxy) is 1. The van der Waals surface area contributed by atoms with Gasteiger partial charge in [-0.3, -0.25) is 9.59 Å². The standard InChI is InChI=1S/C20H20ClN3O3/c1-23-16-10-12(5-7-14(16)20(26)24-9-3-4-18(23)24)19(25)22-13-6-8-17(27-2)15(21)11-13/h5-8,10-11,18H,3-4,9H2,1-2H3,(H,22,25)/t18-/m1/s1. The minimum atomic E-state index is -0.256. The molecule has 4 rings (SSSR count). The van der Waals surface area contributed by atoms with Gasteiger partial charge in [0.25, 0.3) is 11.8 Å². The number of methoxy groups -OCH3 is 1. The Kier molecular flexibility index (Phi) is 4.44. The van der Waals surface area contributed by atoms with E-state index < -0.39 is 0 Å². The number of amides is 2. The van der Waals surface area contributed by atoms with Crippen LogP contribution in [0.2, 0.25) is 5.02 Å². The number of fused-ring (bicyclic) bond motifs is 2. The summed E-state index contributed by atoms with van der Waals surface area (Å²) in [4.78, 5) is 29.4. The number of benzene rings is 2. The van der Waals surface area contributed by atoms with E-state index in [-0.39, 0.29) is 18.0 Å². The van der Waals surface area contributed by atoms with E-state index in [0.29, 0.717) is 27.6 Å². The third-order valence-corrected chi connectivity index (χ3v) is 5.50. The van der Waals surface area contributed by atoms with Crippen molar-refractivity contribution in [3.8, 4) is 5.75 Å². The van der Waals surface area contributed by atoms with Crippen molar-refractivity contribution in [3.05, 3.63) is 52.5 Å². The lowest BCUT2D eigenvalue weighted by Gasteiger charge is -2.40. The van der Waals surface area contributed by atoms with Gasteiger partial charge in [0.1, 0.15) is 11.9 Å². The Bertz CT molecular complexity index is 931. The largest absolute Gasteiger partial charge is 0.495 e. The van der Waals surface area contributed by atoms with Crippen LogP contribution in [0.4, 0.5) is 11.4 Å². The first kappa shape index (κ1) is 17.7. The average Bonchev–Trinajstić information content (AvgIpc) is 3.16. The summed E-state index contributed by atoms with van der Waals surface area (Å²) in [5, 5.41) is 3.26. The maximum Gasteiger partial charge on any atom is 0.257 e. The SMILES string of the molecule is COc1ccc(NC(=O)c2ccc3c(c2)N(C)[C@H]2CCCN2C3=O)cc1Cl. The van der Waals surface area contributed by atoms with Crippen LogP contribution in [0.25, 0.3) is 0 Å². The molecular weight excluding hydrogens is 366 g/mol. The van der Waals surface area contributed by atoms with Crippen LogP contribution in [0.3, 0.4) is 0 Å². The number of rotatable bonds is 3. The van der Waals surface area contributed by atoms with E-state index in [1.165, 1.54) is 7.11 Å². The maximum absolute atomic E-state index is 12.7. The Hall–Kier alpha value is -2.73. The second-order valence-corrected chi connectivity index (χ2v) is 7.17. The molecule has 140 valence electrons. The fourth-order valence-electron chi connectivity index (χ4n) is 3.80. The van der Waals surface area contributed by atoms with Crippen LogP contribution in [0.15, 0.2) is 36.4 Å². The second kappa shape index (κ2) is 6.78. The zero-order valence-electron chi connectivity index (χ0n) is 15.2. The van der Waals surface area contributed by atoms with Gasteiger partial charge in [-0.05, 0) is 49.2 Å². The molecule has 7 heteroatoms. The lowest BCUT2D eigenvalue weighted by Crippen LogP contribution is -2.50. The number of carbonyl (C=O) groups excluding carboxylic acids is 2. The highest BCUT2D eigenvalue weighted by Gasteiger charge is 2.38. The number of carbonyl (C=O) groups is 2. The number of halogens is 1. The van der Waals surface area contributed by atoms with Crippen molar-refractivity contribution >= 4 is 34.8 Å². The quantitative estimate of drug-likeness (QED) is 0.876. The molecule has 6 nitrogen and oxygen atoms in total. The fourth-order valence-corrected chi connectivity index (χ4v) is 4.05. The Morgan fingerprint density at radius 1 is 1.26 bits per heavy atom. The monoisotopic (exact) mass is 385 g/mol. The van der Waals surface area contributed by atoms with Gasteiger partial charge in [-0.25, -0.2) is 0 Å². The predicted octanol–water partition coefficient (Wildman–Crippen LogP) is 3.61. The summed E-state index contributed by atoms with van der Waals surface area (Å²) in [6.45, 7) is 0.785. The van der Waals surface area contributed by atoms with Crippen LogP contribution < -0.4 is 15.0 Å². The first-order valence-electron chi connectivity index (χ1n) is 8.82. The molecule has 0 spiro atoms. The van der Waals surface area contributed by atoms with Crippen molar-refractivity contribution in [2.75, 3.05) is 30.9 Å². The topological polar surface area (TPSA) is 61.9 Å². The summed E-state index contributed by atoms with van der Waals surface area (Å²) in [5.41, 5.74) is 2.50. The van der Waals surface area contributed by atoms with E-state index in [0.717, 1.165) is 25.1 Å². The molecule has 2 aromatic rings. The third kappa shape index (κ3) is 3.00. The highest BCUT2D eigenvalue weighted by molar-refractivity contribution is 6.32. The molecule has 2 aromatic carbocycles. The fraction of sp³-hybridized carbons (Fsp3) is 0.300. The zero-order chi connectivity index (χ0) is 19.1. The van der Waals surface area contributed by atoms with E-state index >= 15 is 0 Å². The number of hydrogen-bond acceptors (Lipinski definition) is 4. The first-order valence-corrected chi connectivity index (χ1v) is 9.20. The van der Waals surface area contributed by atoms with Gasteiger partial charge >= 0.3 is 0 Å². The Labute approximate surface area is 162 Å². The second-order valence-electron chi connectivity index (χ2n) is 6.77. The molecule has 1 fully saturated rings. The Balaban J connectivity index is 1.60. The van der Waals surface area contributed by atoms with Crippen LogP contribution in [-0.2, 0) is 0 Å². The molecule has 0 aromatic heterocycles. The lowest BCUT2D eigenvalue weighted by molar-refractivity contribution is 0.0719. The smallest absolute Gasteiger partial charge is 0.257 e. The molecule has 0 bridgehead atoms. The van der Waals surface area contributed by atoms with Crippen molar-refractivity contribution in [1.29, 1.82) is 0 Å². The molecule has 0 radical (unpaired) electrons. The van der Waals surface area contributed by atoms with Gasteiger partial charge in [0.15, 0.2) is 0 Å². The van der Waals surface area contributed by atoms with Crippen molar-refractivity contribution in [2.45, 2.75) is 19.0 Å². The summed E-state index contributed by atoms with van der Waals surface area (Å²) in [6, 6.07) is 10.3. The van der Waals surface area contributed by atoms with Gasteiger partial charge in [-0.1, -0.05) is 11.6 Å². The minimum Gasteiger partial charge on any atom is -0.495 e. The van der Waals surface area contributed by atoms with Crippen LogP contribution in [0.1, 0.15) is 33.6 Å². The van der Waals surface area contributed by atoms with Gasteiger partial charge < -0.3 is 19.9 Å². The third-order valence-electron chi connectivity index (χ3n) is 5.21. The molecule has 27 heavy (non-hydrogen) atoms. The molecule has 0 unspecified atom stereocenters. The molecular formula is C20H20ClN3O3. The van der Waals surface area contributed by atoms with Crippen molar-refractivity contribution in [2.24, 2.45) is 0 Å². The molecule has 2 amide bonds. The van der Waals surface area contributed by atoms with Crippen LogP contribution >= 0.6 is 11.6 Å². The average molecular weight is 386 g/mol. The number of hydrogen-bond donors (Lipinski definition) is 1. The zero-order valence-corrected chi connectivity index (χ0v) is 15.9. The summed E-state index contributed by atoms with van der Waals surface area (Å²) in [5.74, 6) is 0.331. The van der Waals surface area contributed by atoms with E-state index in [1.807, 2.05) is 11.9 Å². The van der Waals surface area contributed by atoms with Gasteiger partial charge in [0.2, 0.25) is 0 Å². The predicted molar refractivity (Wildman–Crippen MR) is 105 cm³/mol. The summed E-state index contributed by atoms with van der Waals surface area (Å²) in [6.07, 6.45) is 2.02. The van der Waals surface area contributed by atoms with Crippen molar-refractivity contribution < 1.29 is 14.3 Å². The molecule has 2 aliphatic heterocycles. The van der Waals surface area contributed by atoms with Gasteiger partial charge in [-0.15, -0.1) is 0 Å². The Morgan fingerprint density at radius 3 is 2.81 bits per heavy atom. The van der Waals surface area contributed by atoms with Crippen molar-refractivity contribution in [1.82, 2.24) is 4.90 Å². The minimum absolute atomic E-state index is 0.0412. The summed E-state index contributed by atoms with van der Waals surface area (Å²) >= 11 is 6.12. The molecule has 1 saturated heterocycles. The lowest BCUT2D eigenvalue weighted by atomic mass is 10.0. The van der Waals surface area contributed by atoms with Crippen LogP contribution in [0, 0.1) is 0 Å². The van der Waals surface area contributed by atoms with Crippen molar-refractivity contribution in [3.63, 3.8) is 0 Å². The molecule has 2 heterocycles. The van der Waals surface area contributed by atoms with Gasteiger partial charge in [0, 0.05) is 24.8 Å². The number of nitrogens with zero attached hydrogens (tertiary/aromatic N) is 2. The molecule has 0 aliphatic carbocycles. The molecule has 2 aliphatic rings. The van der Waals surface area contributed by atoms with Crippen LogP contribution in [0.5, 0.6) is 5.75 Å². The van der Waals surface area contributed by atoms with E-state index in [4.69, 9.17) is 16.3 Å². The maximum atomic E-state index is 12.7. The number of anilines is 2.